The third kappa shape index (κ3) is 3.85. The standard InChI is InChI=1S/C8H18OSi.Pd/c1-2-5-8(10)6-3-4-7-9-8;/h2-7H2,1,10H3;. The van der Waals surface area contributed by atoms with E-state index in [0.717, 1.165) is 6.61 Å². The second kappa shape index (κ2) is 5.48. The molecule has 1 rings (SSSR count). The summed E-state index contributed by atoms with van der Waals surface area (Å²) >= 11 is 0. The molecular formula is C8H18OPdSi. The van der Waals surface area contributed by atoms with Gasteiger partial charge in [-0.25, -0.2) is 0 Å². The van der Waals surface area contributed by atoms with E-state index >= 15 is 0 Å². The molecule has 1 aliphatic rings. The first-order valence-corrected chi connectivity index (χ1v) is 5.41. The summed E-state index contributed by atoms with van der Waals surface area (Å²) in [5, 5.41) is 0.368. The predicted molar refractivity (Wildman–Crippen MR) is 47.4 cm³/mol. The molecule has 1 nitrogen and oxygen atoms in total. The van der Waals surface area contributed by atoms with Crippen LogP contribution >= 0.6 is 0 Å². The normalized spacial score (nSPS) is 31.4. The SMILES string of the molecule is CCCC1([SiH3])CCCCO1.[Pd]. The first-order valence-electron chi connectivity index (χ1n) is 4.41. The predicted octanol–water partition coefficient (Wildman–Crippen LogP) is 1.05. The van der Waals surface area contributed by atoms with Gasteiger partial charge in [-0.2, -0.15) is 0 Å². The molecule has 3 heteroatoms. The minimum absolute atomic E-state index is 0. The first kappa shape index (κ1) is 11.8. The fraction of sp³-hybridized carbons (Fsp3) is 1.00. The summed E-state index contributed by atoms with van der Waals surface area (Å²) in [5.41, 5.74) is 0. The van der Waals surface area contributed by atoms with Crippen molar-refractivity contribution in [3.63, 3.8) is 0 Å². The molecular weight excluding hydrogens is 247 g/mol. The summed E-state index contributed by atoms with van der Waals surface area (Å²) in [4.78, 5) is 0. The molecule has 0 aliphatic carbocycles. The van der Waals surface area contributed by atoms with Crippen LogP contribution in [0.15, 0.2) is 0 Å². The van der Waals surface area contributed by atoms with Crippen LogP contribution in [0.25, 0.3) is 0 Å². The van der Waals surface area contributed by atoms with E-state index in [4.69, 9.17) is 4.74 Å². The first-order chi connectivity index (χ1) is 4.77. The van der Waals surface area contributed by atoms with Gasteiger partial charge in [0.15, 0.2) is 0 Å². The van der Waals surface area contributed by atoms with Crippen LogP contribution in [0.1, 0.15) is 39.0 Å². The molecule has 1 unspecified atom stereocenters. The summed E-state index contributed by atoms with van der Waals surface area (Å²) in [6, 6.07) is 0. The molecule has 0 bridgehead atoms. The van der Waals surface area contributed by atoms with Crippen LogP contribution in [0.2, 0.25) is 0 Å². The van der Waals surface area contributed by atoms with Crippen molar-refractivity contribution in [2.24, 2.45) is 0 Å². The maximum absolute atomic E-state index is 5.77. The van der Waals surface area contributed by atoms with E-state index < -0.39 is 0 Å². The maximum Gasteiger partial charge on any atom is 0.0485 e. The van der Waals surface area contributed by atoms with Gasteiger partial charge in [0, 0.05) is 42.5 Å². The van der Waals surface area contributed by atoms with Gasteiger partial charge in [-0.05, 0) is 25.7 Å². The maximum atomic E-state index is 5.77. The molecule has 0 aromatic heterocycles. The van der Waals surface area contributed by atoms with Crippen molar-refractivity contribution < 1.29 is 25.2 Å². The zero-order valence-electron chi connectivity index (χ0n) is 7.47. The van der Waals surface area contributed by atoms with Gasteiger partial charge in [-0.15, -0.1) is 0 Å². The molecule has 1 heterocycles. The Morgan fingerprint density at radius 2 is 2.18 bits per heavy atom. The summed E-state index contributed by atoms with van der Waals surface area (Å²) in [7, 11) is 1.22. The van der Waals surface area contributed by atoms with Crippen molar-refractivity contribution >= 4 is 10.2 Å². The van der Waals surface area contributed by atoms with Crippen LogP contribution < -0.4 is 0 Å². The van der Waals surface area contributed by atoms with Gasteiger partial charge in [0.1, 0.15) is 0 Å². The molecule has 0 spiro atoms. The number of rotatable bonds is 2. The van der Waals surface area contributed by atoms with Crippen LogP contribution in [0.5, 0.6) is 0 Å². The summed E-state index contributed by atoms with van der Waals surface area (Å²) < 4.78 is 5.77. The minimum Gasteiger partial charge on any atom is -0.380 e. The van der Waals surface area contributed by atoms with Crippen molar-refractivity contribution in [1.82, 2.24) is 0 Å². The summed E-state index contributed by atoms with van der Waals surface area (Å²) in [5.74, 6) is 0. The molecule has 1 saturated heterocycles. The van der Waals surface area contributed by atoms with E-state index in [1.54, 1.807) is 0 Å². The number of hydrogen-bond acceptors (Lipinski definition) is 1. The average molecular weight is 265 g/mol. The van der Waals surface area contributed by atoms with Gasteiger partial charge in [0.25, 0.3) is 0 Å². The second-order valence-corrected chi connectivity index (χ2v) is 5.33. The molecule has 0 radical (unpaired) electrons. The minimum atomic E-state index is 0. The van der Waals surface area contributed by atoms with E-state index in [-0.39, 0.29) is 20.4 Å². The average Bonchev–Trinajstić information content (AvgIpc) is 1.89. The van der Waals surface area contributed by atoms with Crippen molar-refractivity contribution in [3.05, 3.63) is 0 Å². The summed E-state index contributed by atoms with van der Waals surface area (Å²) in [6.07, 6.45) is 6.58. The fourth-order valence-corrected chi connectivity index (χ4v) is 2.78. The molecule has 0 amide bonds. The van der Waals surface area contributed by atoms with Crippen molar-refractivity contribution in [1.29, 1.82) is 0 Å². The van der Waals surface area contributed by atoms with E-state index in [9.17, 15) is 0 Å². The van der Waals surface area contributed by atoms with Crippen LogP contribution in [0.3, 0.4) is 0 Å². The zero-order valence-corrected chi connectivity index (χ0v) is 11.0. The van der Waals surface area contributed by atoms with Gasteiger partial charge in [-0.3, -0.25) is 0 Å². The third-order valence-electron chi connectivity index (χ3n) is 2.33. The molecule has 1 atom stereocenters. The fourth-order valence-electron chi connectivity index (χ4n) is 1.72. The van der Waals surface area contributed by atoms with E-state index in [1.807, 2.05) is 0 Å². The van der Waals surface area contributed by atoms with Gasteiger partial charge < -0.3 is 4.74 Å². The number of ether oxygens (including phenoxy) is 1. The Balaban J connectivity index is 0.000001000. The molecule has 0 saturated carbocycles. The number of hydrogen-bond donors (Lipinski definition) is 0. The molecule has 0 N–H and O–H groups in total. The second-order valence-electron chi connectivity index (χ2n) is 3.51. The Bertz CT molecular complexity index is 96.8. The van der Waals surface area contributed by atoms with E-state index in [2.05, 4.69) is 6.92 Å². The summed E-state index contributed by atoms with van der Waals surface area (Å²) in [6.45, 7) is 3.26. The Morgan fingerprint density at radius 3 is 2.64 bits per heavy atom. The van der Waals surface area contributed by atoms with Gasteiger partial charge in [0.2, 0.25) is 0 Å². The zero-order chi connectivity index (χ0) is 7.45. The van der Waals surface area contributed by atoms with Crippen molar-refractivity contribution in [3.8, 4) is 0 Å². The van der Waals surface area contributed by atoms with Gasteiger partial charge >= 0.3 is 0 Å². The van der Waals surface area contributed by atoms with Crippen LogP contribution in [0.4, 0.5) is 0 Å². The molecule has 1 fully saturated rings. The van der Waals surface area contributed by atoms with E-state index in [0.29, 0.717) is 5.22 Å². The Morgan fingerprint density at radius 1 is 1.45 bits per heavy atom. The topological polar surface area (TPSA) is 9.23 Å². The Hall–Kier alpha value is 0.839. The van der Waals surface area contributed by atoms with E-state index in [1.165, 1.54) is 42.3 Å². The molecule has 70 valence electrons. The molecule has 0 aromatic rings. The van der Waals surface area contributed by atoms with Crippen LogP contribution in [-0.2, 0) is 25.2 Å². The van der Waals surface area contributed by atoms with Crippen LogP contribution in [0, 0.1) is 0 Å². The van der Waals surface area contributed by atoms with Crippen LogP contribution in [-0.4, -0.2) is 22.1 Å². The molecule has 0 aromatic carbocycles. The Kier molecular flexibility index (Phi) is 5.90. The van der Waals surface area contributed by atoms with Gasteiger partial charge in [0.05, 0.1) is 0 Å². The third-order valence-corrected chi connectivity index (χ3v) is 3.62. The van der Waals surface area contributed by atoms with Gasteiger partial charge in [-0.1, -0.05) is 13.3 Å². The van der Waals surface area contributed by atoms with Crippen molar-refractivity contribution in [2.75, 3.05) is 6.61 Å². The smallest absolute Gasteiger partial charge is 0.0485 e. The monoisotopic (exact) mass is 264 g/mol. The van der Waals surface area contributed by atoms with Crippen molar-refractivity contribution in [2.45, 2.75) is 44.3 Å². The molecule has 11 heavy (non-hydrogen) atoms. The quantitative estimate of drug-likeness (QED) is 0.678. The Labute approximate surface area is 86.4 Å². The molecule has 1 aliphatic heterocycles. The largest absolute Gasteiger partial charge is 0.380 e.